The fourth-order valence-electron chi connectivity index (χ4n) is 1.14. The maximum atomic E-state index is 11.0. The van der Waals surface area contributed by atoms with Crippen molar-refractivity contribution in [2.75, 3.05) is 0 Å². The third-order valence-electron chi connectivity index (χ3n) is 1.73. The Morgan fingerprint density at radius 1 is 1.58 bits per heavy atom. The van der Waals surface area contributed by atoms with Gasteiger partial charge in [-0.05, 0) is 19.1 Å². The summed E-state index contributed by atoms with van der Waals surface area (Å²) in [5.74, 6) is 0.00162. The predicted octanol–water partition coefficient (Wildman–Crippen LogP) is 2.03. The van der Waals surface area contributed by atoms with Crippen LogP contribution in [-0.4, -0.2) is 10.8 Å². The number of nitrogens with zero attached hydrogens (tertiary/aromatic N) is 1. The molecule has 0 unspecified atom stereocenters. The van der Waals surface area contributed by atoms with Gasteiger partial charge in [-0.25, -0.2) is 4.98 Å². The van der Waals surface area contributed by atoms with Crippen LogP contribution in [0.25, 0.3) is 11.1 Å². The number of hydrogen-bond acceptors (Lipinski definition) is 3. The first-order valence-corrected chi connectivity index (χ1v) is 3.62. The molecule has 3 heteroatoms. The molecule has 2 rings (SSSR count). The normalized spacial score (nSPS) is 10.4. The summed E-state index contributed by atoms with van der Waals surface area (Å²) in [6, 6.07) is 3.60. The summed E-state index contributed by atoms with van der Waals surface area (Å²) in [6.07, 6.45) is 3.08. The van der Waals surface area contributed by atoms with Crippen molar-refractivity contribution in [1.82, 2.24) is 4.98 Å². The molecule has 0 aliphatic heterocycles. The van der Waals surface area contributed by atoms with E-state index in [0.29, 0.717) is 11.3 Å². The third kappa shape index (κ3) is 0.906. The number of carbonyl (C=O) groups excluding carboxylic acids is 1. The first-order valence-electron chi connectivity index (χ1n) is 3.62. The van der Waals surface area contributed by atoms with E-state index in [4.69, 9.17) is 4.42 Å². The van der Waals surface area contributed by atoms with Crippen LogP contribution >= 0.6 is 0 Å². The molecule has 2 heterocycles. The Kier molecular flexibility index (Phi) is 1.43. The lowest BCUT2D eigenvalue weighted by atomic mass is 10.2. The summed E-state index contributed by atoms with van der Waals surface area (Å²) in [7, 11) is 0. The van der Waals surface area contributed by atoms with Crippen molar-refractivity contribution < 1.29 is 9.21 Å². The molecule has 2 aromatic heterocycles. The zero-order valence-corrected chi connectivity index (χ0v) is 6.57. The molecule has 0 aromatic carbocycles. The maximum Gasteiger partial charge on any atom is 0.226 e. The third-order valence-corrected chi connectivity index (χ3v) is 1.73. The van der Waals surface area contributed by atoms with E-state index < -0.39 is 0 Å². The van der Waals surface area contributed by atoms with Crippen LogP contribution in [0.1, 0.15) is 17.3 Å². The van der Waals surface area contributed by atoms with Gasteiger partial charge in [0.2, 0.25) is 5.71 Å². The summed E-state index contributed by atoms with van der Waals surface area (Å²) in [5, 5.41) is 0.782. The van der Waals surface area contributed by atoms with Crippen molar-refractivity contribution in [2.45, 2.75) is 6.92 Å². The molecule has 0 saturated carbocycles. The van der Waals surface area contributed by atoms with Gasteiger partial charge in [0, 0.05) is 6.20 Å². The van der Waals surface area contributed by atoms with Crippen molar-refractivity contribution in [3.63, 3.8) is 0 Å². The lowest BCUT2D eigenvalue weighted by Crippen LogP contribution is -1.88. The minimum atomic E-state index is 0.00162. The Hall–Kier alpha value is -1.64. The number of hydrogen-bond donors (Lipinski definition) is 0. The Balaban J connectivity index is 2.79. The first kappa shape index (κ1) is 7.03. The number of rotatable bonds is 1. The molecule has 0 atom stereocenters. The molecule has 0 radical (unpaired) electrons. The average Bonchev–Trinajstić information content (AvgIpc) is 2.47. The molecular weight excluding hydrogens is 154 g/mol. The van der Waals surface area contributed by atoms with E-state index in [1.165, 1.54) is 13.2 Å². The van der Waals surface area contributed by atoms with E-state index >= 15 is 0 Å². The second-order valence-electron chi connectivity index (χ2n) is 2.56. The molecule has 12 heavy (non-hydrogen) atoms. The highest BCUT2D eigenvalue weighted by Crippen LogP contribution is 2.18. The summed E-state index contributed by atoms with van der Waals surface area (Å²) in [4.78, 5) is 15.0. The largest absolute Gasteiger partial charge is 0.445 e. The first-order chi connectivity index (χ1) is 5.79. The number of fused-ring (bicyclic) bond motifs is 1. The van der Waals surface area contributed by atoms with Gasteiger partial charge in [0.25, 0.3) is 0 Å². The number of carbonyl (C=O) groups is 1. The molecule has 0 N–H and O–H groups in total. The molecule has 0 spiro atoms. The predicted molar refractivity (Wildman–Crippen MR) is 44.0 cm³/mol. The van der Waals surface area contributed by atoms with Gasteiger partial charge in [0.1, 0.15) is 6.26 Å². The van der Waals surface area contributed by atoms with E-state index in [1.54, 1.807) is 12.3 Å². The van der Waals surface area contributed by atoms with E-state index in [9.17, 15) is 4.79 Å². The van der Waals surface area contributed by atoms with Crippen molar-refractivity contribution >= 4 is 16.9 Å². The van der Waals surface area contributed by atoms with Crippen LogP contribution in [0, 0.1) is 0 Å². The van der Waals surface area contributed by atoms with E-state index in [-0.39, 0.29) is 5.78 Å². The van der Waals surface area contributed by atoms with Crippen molar-refractivity contribution in [2.24, 2.45) is 0 Å². The van der Waals surface area contributed by atoms with E-state index in [2.05, 4.69) is 4.98 Å². The van der Waals surface area contributed by atoms with Crippen LogP contribution in [0.2, 0.25) is 0 Å². The van der Waals surface area contributed by atoms with Gasteiger partial charge in [-0.15, -0.1) is 0 Å². The Bertz CT molecular complexity index is 431. The molecule has 0 saturated heterocycles. The van der Waals surface area contributed by atoms with Gasteiger partial charge < -0.3 is 4.42 Å². The standard InChI is InChI=1S/C9H7NO2/c1-6(11)8-5-12-9-7(8)3-2-4-10-9/h2-5H,1H3. The number of ketones is 1. The number of aromatic nitrogens is 1. The zero-order chi connectivity index (χ0) is 8.55. The molecule has 0 aliphatic rings. The van der Waals surface area contributed by atoms with Crippen molar-refractivity contribution in [1.29, 1.82) is 0 Å². The van der Waals surface area contributed by atoms with Gasteiger partial charge in [-0.1, -0.05) is 0 Å². The fourth-order valence-corrected chi connectivity index (χ4v) is 1.14. The average molecular weight is 161 g/mol. The van der Waals surface area contributed by atoms with Crippen molar-refractivity contribution in [3.8, 4) is 0 Å². The van der Waals surface area contributed by atoms with Crippen LogP contribution in [0.15, 0.2) is 29.0 Å². The molecule has 0 bridgehead atoms. The highest BCUT2D eigenvalue weighted by Gasteiger charge is 2.08. The van der Waals surface area contributed by atoms with Crippen LogP contribution in [0.4, 0.5) is 0 Å². The summed E-state index contributed by atoms with van der Waals surface area (Å²) < 4.78 is 5.08. The maximum absolute atomic E-state index is 11.0. The highest BCUT2D eigenvalue weighted by molar-refractivity contribution is 6.05. The van der Waals surface area contributed by atoms with Crippen LogP contribution < -0.4 is 0 Å². The highest BCUT2D eigenvalue weighted by atomic mass is 16.3. The van der Waals surface area contributed by atoms with Crippen LogP contribution in [0.3, 0.4) is 0 Å². The lowest BCUT2D eigenvalue weighted by molar-refractivity contribution is 0.101. The summed E-state index contributed by atoms with van der Waals surface area (Å²) in [5.41, 5.74) is 1.11. The topological polar surface area (TPSA) is 43.1 Å². The Morgan fingerprint density at radius 3 is 3.17 bits per heavy atom. The van der Waals surface area contributed by atoms with Gasteiger partial charge in [-0.3, -0.25) is 4.79 Å². The Labute approximate surface area is 69.0 Å². The summed E-state index contributed by atoms with van der Waals surface area (Å²) in [6.45, 7) is 1.51. The SMILES string of the molecule is CC(=O)c1coc2ncccc12. The molecule has 2 aromatic rings. The number of Topliss-reactive ketones (excluding diaryl/α,β-unsaturated/α-hetero) is 1. The van der Waals surface area contributed by atoms with Gasteiger partial charge in [0.15, 0.2) is 5.78 Å². The molecular formula is C9H7NO2. The Morgan fingerprint density at radius 2 is 2.42 bits per heavy atom. The monoisotopic (exact) mass is 161 g/mol. The van der Waals surface area contributed by atoms with Crippen LogP contribution in [-0.2, 0) is 0 Å². The quantitative estimate of drug-likeness (QED) is 0.601. The van der Waals surface area contributed by atoms with Crippen LogP contribution in [0.5, 0.6) is 0 Å². The van der Waals surface area contributed by atoms with E-state index in [0.717, 1.165) is 5.39 Å². The molecule has 3 nitrogen and oxygen atoms in total. The number of pyridine rings is 1. The molecule has 0 amide bonds. The minimum absolute atomic E-state index is 0.00162. The van der Waals surface area contributed by atoms with Gasteiger partial charge in [-0.2, -0.15) is 0 Å². The summed E-state index contributed by atoms with van der Waals surface area (Å²) >= 11 is 0. The van der Waals surface area contributed by atoms with Gasteiger partial charge in [0.05, 0.1) is 10.9 Å². The minimum Gasteiger partial charge on any atom is -0.445 e. The smallest absolute Gasteiger partial charge is 0.226 e. The lowest BCUT2D eigenvalue weighted by Gasteiger charge is -1.87. The zero-order valence-electron chi connectivity index (χ0n) is 6.57. The fraction of sp³-hybridized carbons (Fsp3) is 0.111. The second kappa shape index (κ2) is 2.44. The van der Waals surface area contributed by atoms with Crippen molar-refractivity contribution in [3.05, 3.63) is 30.2 Å². The molecule has 0 fully saturated rings. The second-order valence-corrected chi connectivity index (χ2v) is 2.56. The molecule has 60 valence electrons. The van der Waals surface area contributed by atoms with E-state index in [1.807, 2.05) is 6.07 Å². The number of furan rings is 1. The molecule has 0 aliphatic carbocycles. The van der Waals surface area contributed by atoms with Gasteiger partial charge >= 0.3 is 0 Å².